The molecular weight excluding hydrogens is 212 g/mol. The molecule has 1 fully saturated rings. The van der Waals surface area contributed by atoms with Crippen molar-refractivity contribution in [3.05, 3.63) is 5.01 Å². The van der Waals surface area contributed by atoms with Crippen LogP contribution in [0.3, 0.4) is 0 Å². The normalized spacial score (nSPS) is 22.9. The fraction of sp³-hybridized carbons (Fsp3) is 0.778. The number of nitrogens with one attached hydrogen (secondary N) is 1. The summed E-state index contributed by atoms with van der Waals surface area (Å²) in [7, 11) is 1.86. The van der Waals surface area contributed by atoms with Crippen LogP contribution in [-0.4, -0.2) is 47.9 Å². The average Bonchev–Trinajstić information content (AvgIpc) is 2.65. The van der Waals surface area contributed by atoms with Gasteiger partial charge in [0.15, 0.2) is 0 Å². The van der Waals surface area contributed by atoms with Gasteiger partial charge in [0, 0.05) is 20.1 Å². The van der Waals surface area contributed by atoms with E-state index in [2.05, 4.69) is 27.3 Å². The molecule has 2 rings (SSSR count). The maximum absolute atomic E-state index is 5.49. The summed E-state index contributed by atoms with van der Waals surface area (Å²) < 4.78 is 5.49. The van der Waals surface area contributed by atoms with E-state index in [1.54, 1.807) is 11.3 Å². The third-order valence-corrected chi connectivity index (χ3v) is 3.29. The smallest absolute Gasteiger partial charge is 0.205 e. The van der Waals surface area contributed by atoms with Gasteiger partial charge in [0.1, 0.15) is 5.01 Å². The summed E-state index contributed by atoms with van der Waals surface area (Å²) >= 11 is 1.61. The minimum absolute atomic E-state index is 0.329. The van der Waals surface area contributed by atoms with E-state index in [1.807, 2.05) is 7.05 Å². The Labute approximate surface area is 93.5 Å². The second kappa shape index (κ2) is 4.87. The van der Waals surface area contributed by atoms with Gasteiger partial charge in [-0.2, -0.15) is 0 Å². The fourth-order valence-electron chi connectivity index (χ4n) is 1.64. The quantitative estimate of drug-likeness (QED) is 0.829. The SMILES string of the molecule is CNc1nnc(CN2CCOC(C)C2)s1. The lowest BCUT2D eigenvalue weighted by atomic mass is 10.3. The van der Waals surface area contributed by atoms with Crippen LogP contribution in [0.25, 0.3) is 0 Å². The second-order valence-electron chi connectivity index (χ2n) is 3.67. The van der Waals surface area contributed by atoms with Crippen LogP contribution >= 0.6 is 11.3 Å². The summed E-state index contributed by atoms with van der Waals surface area (Å²) in [6, 6.07) is 0. The van der Waals surface area contributed by atoms with Gasteiger partial charge in [0.2, 0.25) is 5.13 Å². The molecule has 1 aliphatic heterocycles. The summed E-state index contributed by atoms with van der Waals surface area (Å²) in [6.07, 6.45) is 0.329. The predicted octanol–water partition coefficient (Wildman–Crippen LogP) is 0.800. The Kier molecular flexibility index (Phi) is 3.50. The Hall–Kier alpha value is -0.720. The highest BCUT2D eigenvalue weighted by molar-refractivity contribution is 7.15. The van der Waals surface area contributed by atoms with Gasteiger partial charge in [0.05, 0.1) is 19.3 Å². The Balaban J connectivity index is 1.90. The summed E-state index contributed by atoms with van der Waals surface area (Å²) in [6.45, 7) is 5.77. The van der Waals surface area contributed by atoms with Crippen molar-refractivity contribution in [1.82, 2.24) is 15.1 Å². The maximum Gasteiger partial charge on any atom is 0.205 e. The van der Waals surface area contributed by atoms with E-state index >= 15 is 0 Å². The Morgan fingerprint density at radius 2 is 2.47 bits per heavy atom. The van der Waals surface area contributed by atoms with Crippen LogP contribution in [0.4, 0.5) is 5.13 Å². The number of ether oxygens (including phenoxy) is 1. The molecule has 1 aromatic rings. The van der Waals surface area contributed by atoms with Crippen LogP contribution < -0.4 is 5.32 Å². The molecule has 6 heteroatoms. The summed E-state index contributed by atoms with van der Waals surface area (Å²) in [5.41, 5.74) is 0. The lowest BCUT2D eigenvalue weighted by Crippen LogP contribution is -2.40. The molecule has 0 spiro atoms. The molecule has 84 valence electrons. The number of rotatable bonds is 3. The molecule has 2 heterocycles. The molecule has 0 saturated carbocycles. The van der Waals surface area contributed by atoms with Crippen molar-refractivity contribution in [2.75, 3.05) is 32.1 Å². The standard InChI is InChI=1S/C9H16N4OS/c1-7-5-13(3-4-14-7)6-8-11-12-9(10-2)15-8/h7H,3-6H2,1-2H3,(H,10,12). The molecule has 5 nitrogen and oxygen atoms in total. The first-order chi connectivity index (χ1) is 7.28. The second-order valence-corrected chi connectivity index (χ2v) is 4.73. The van der Waals surface area contributed by atoms with E-state index < -0.39 is 0 Å². The van der Waals surface area contributed by atoms with Gasteiger partial charge in [-0.1, -0.05) is 11.3 Å². The van der Waals surface area contributed by atoms with Crippen molar-refractivity contribution in [1.29, 1.82) is 0 Å². The Morgan fingerprint density at radius 1 is 1.60 bits per heavy atom. The van der Waals surface area contributed by atoms with Gasteiger partial charge in [-0.25, -0.2) is 0 Å². The largest absolute Gasteiger partial charge is 0.376 e. The number of hydrogen-bond donors (Lipinski definition) is 1. The van der Waals surface area contributed by atoms with Crippen molar-refractivity contribution in [3.63, 3.8) is 0 Å². The minimum Gasteiger partial charge on any atom is -0.376 e. The highest BCUT2D eigenvalue weighted by Crippen LogP contribution is 2.17. The zero-order valence-electron chi connectivity index (χ0n) is 9.06. The summed E-state index contributed by atoms with van der Waals surface area (Å²) in [4.78, 5) is 2.36. The zero-order valence-corrected chi connectivity index (χ0v) is 9.88. The van der Waals surface area contributed by atoms with E-state index in [-0.39, 0.29) is 0 Å². The van der Waals surface area contributed by atoms with Crippen molar-refractivity contribution in [3.8, 4) is 0 Å². The Bertz CT molecular complexity index is 317. The number of nitrogens with zero attached hydrogens (tertiary/aromatic N) is 3. The lowest BCUT2D eigenvalue weighted by Gasteiger charge is -2.30. The van der Waals surface area contributed by atoms with E-state index in [9.17, 15) is 0 Å². The molecule has 1 aliphatic rings. The number of anilines is 1. The first-order valence-electron chi connectivity index (χ1n) is 5.12. The molecular formula is C9H16N4OS. The number of hydrogen-bond acceptors (Lipinski definition) is 6. The van der Waals surface area contributed by atoms with Crippen molar-refractivity contribution >= 4 is 16.5 Å². The third kappa shape index (κ3) is 2.87. The van der Waals surface area contributed by atoms with E-state index in [0.29, 0.717) is 6.10 Å². The van der Waals surface area contributed by atoms with Gasteiger partial charge in [-0.15, -0.1) is 10.2 Å². The van der Waals surface area contributed by atoms with Crippen LogP contribution in [0.15, 0.2) is 0 Å². The van der Waals surface area contributed by atoms with Gasteiger partial charge < -0.3 is 10.1 Å². The number of aromatic nitrogens is 2. The minimum atomic E-state index is 0.329. The van der Waals surface area contributed by atoms with Crippen molar-refractivity contribution in [2.45, 2.75) is 19.6 Å². The molecule has 0 amide bonds. The van der Waals surface area contributed by atoms with Gasteiger partial charge >= 0.3 is 0 Å². The summed E-state index contributed by atoms with van der Waals surface area (Å²) in [5.74, 6) is 0. The highest BCUT2D eigenvalue weighted by Gasteiger charge is 2.17. The van der Waals surface area contributed by atoms with E-state index in [0.717, 1.165) is 36.4 Å². The first-order valence-corrected chi connectivity index (χ1v) is 5.93. The molecule has 0 radical (unpaired) electrons. The van der Waals surface area contributed by atoms with E-state index in [1.165, 1.54) is 0 Å². The molecule has 1 N–H and O–H groups in total. The molecule has 0 aromatic carbocycles. The molecule has 1 unspecified atom stereocenters. The fourth-order valence-corrected chi connectivity index (χ4v) is 2.38. The highest BCUT2D eigenvalue weighted by atomic mass is 32.1. The van der Waals surface area contributed by atoms with Gasteiger partial charge in [-0.3, -0.25) is 4.90 Å². The first kappa shape index (κ1) is 10.8. The van der Waals surface area contributed by atoms with Crippen molar-refractivity contribution < 1.29 is 4.74 Å². The van der Waals surface area contributed by atoms with Crippen LogP contribution in [0.1, 0.15) is 11.9 Å². The van der Waals surface area contributed by atoms with Crippen molar-refractivity contribution in [2.24, 2.45) is 0 Å². The van der Waals surface area contributed by atoms with E-state index in [4.69, 9.17) is 4.74 Å². The van der Waals surface area contributed by atoms with Crippen LogP contribution in [0, 0.1) is 0 Å². The van der Waals surface area contributed by atoms with Crippen LogP contribution in [-0.2, 0) is 11.3 Å². The molecule has 1 aromatic heterocycles. The Morgan fingerprint density at radius 3 is 3.13 bits per heavy atom. The maximum atomic E-state index is 5.49. The molecule has 1 saturated heterocycles. The molecule has 1 atom stereocenters. The van der Waals surface area contributed by atoms with Gasteiger partial charge in [0.25, 0.3) is 0 Å². The molecule has 0 aliphatic carbocycles. The lowest BCUT2D eigenvalue weighted by molar-refractivity contribution is -0.0212. The molecule has 15 heavy (non-hydrogen) atoms. The third-order valence-electron chi connectivity index (χ3n) is 2.36. The zero-order chi connectivity index (χ0) is 10.7. The average molecular weight is 228 g/mol. The monoisotopic (exact) mass is 228 g/mol. The molecule has 0 bridgehead atoms. The predicted molar refractivity (Wildman–Crippen MR) is 60.1 cm³/mol. The van der Waals surface area contributed by atoms with Crippen LogP contribution in [0.2, 0.25) is 0 Å². The van der Waals surface area contributed by atoms with Gasteiger partial charge in [-0.05, 0) is 6.92 Å². The topological polar surface area (TPSA) is 50.3 Å². The van der Waals surface area contributed by atoms with Crippen LogP contribution in [0.5, 0.6) is 0 Å². The summed E-state index contributed by atoms with van der Waals surface area (Å²) in [5, 5.41) is 13.1. The number of morpholine rings is 1.